The molecule has 1 atom stereocenters. The highest BCUT2D eigenvalue weighted by Gasteiger charge is 2.38. The largest absolute Gasteiger partial charge is 0.329 e. The van der Waals surface area contributed by atoms with Gasteiger partial charge in [0.25, 0.3) is 0 Å². The molecule has 0 amide bonds. The molecule has 1 aromatic rings. The molecule has 17 heavy (non-hydrogen) atoms. The predicted molar refractivity (Wildman–Crippen MR) is 69.6 cm³/mol. The van der Waals surface area contributed by atoms with Gasteiger partial charge >= 0.3 is 0 Å². The second-order valence-electron chi connectivity index (χ2n) is 4.48. The third-order valence-electron chi connectivity index (χ3n) is 3.49. The quantitative estimate of drug-likeness (QED) is 0.861. The van der Waals surface area contributed by atoms with Crippen LogP contribution in [0.3, 0.4) is 0 Å². The van der Waals surface area contributed by atoms with Gasteiger partial charge in [0, 0.05) is 13.1 Å². The molecule has 2 rings (SSSR count). The van der Waals surface area contributed by atoms with Crippen LogP contribution in [0.2, 0.25) is 0 Å². The van der Waals surface area contributed by atoms with Gasteiger partial charge in [0.1, 0.15) is 0 Å². The van der Waals surface area contributed by atoms with Crippen molar-refractivity contribution in [2.45, 2.75) is 25.5 Å². The van der Waals surface area contributed by atoms with Crippen LogP contribution in [0.5, 0.6) is 0 Å². The Labute approximate surface area is 102 Å². The Morgan fingerprint density at radius 1 is 1.41 bits per heavy atom. The van der Waals surface area contributed by atoms with E-state index in [1.807, 2.05) is 32.0 Å². The summed E-state index contributed by atoms with van der Waals surface area (Å²) >= 11 is 0. The molecule has 2 N–H and O–H groups in total. The van der Waals surface area contributed by atoms with Gasteiger partial charge in [-0.25, -0.2) is 8.42 Å². The fraction of sp³-hybridized carbons (Fsp3) is 0.500. The van der Waals surface area contributed by atoms with Crippen LogP contribution in [0.4, 0.5) is 5.69 Å². The Hall–Kier alpha value is -1.07. The minimum absolute atomic E-state index is 0.198. The van der Waals surface area contributed by atoms with Crippen molar-refractivity contribution in [2.75, 3.05) is 17.4 Å². The number of nitrogens with zero attached hydrogens (tertiary/aromatic N) is 1. The zero-order chi connectivity index (χ0) is 12.6. The van der Waals surface area contributed by atoms with Crippen molar-refractivity contribution in [3.8, 4) is 0 Å². The smallest absolute Gasteiger partial charge is 0.239 e. The number of aryl methyl sites for hydroxylation is 1. The molecule has 0 aliphatic carbocycles. The predicted octanol–water partition coefficient (Wildman–Crippen LogP) is 1.17. The Balaban J connectivity index is 2.46. The number of hydrogen-bond donors (Lipinski definition) is 1. The average molecular weight is 254 g/mol. The number of benzene rings is 1. The first-order valence-corrected chi connectivity index (χ1v) is 7.26. The Morgan fingerprint density at radius 3 is 2.71 bits per heavy atom. The monoisotopic (exact) mass is 254 g/mol. The van der Waals surface area contributed by atoms with Gasteiger partial charge in [0.05, 0.1) is 10.9 Å². The van der Waals surface area contributed by atoms with E-state index in [1.165, 1.54) is 4.31 Å². The van der Waals surface area contributed by atoms with Gasteiger partial charge < -0.3 is 5.73 Å². The summed E-state index contributed by atoms with van der Waals surface area (Å²) in [4.78, 5) is 0. The summed E-state index contributed by atoms with van der Waals surface area (Å²) in [6.07, 6.45) is 0.617. The molecule has 1 saturated heterocycles. The van der Waals surface area contributed by atoms with Gasteiger partial charge in [-0.1, -0.05) is 12.1 Å². The summed E-state index contributed by atoms with van der Waals surface area (Å²) in [6, 6.07) is 5.74. The minimum atomic E-state index is -3.26. The lowest BCUT2D eigenvalue weighted by Crippen LogP contribution is -2.33. The molecule has 0 aromatic heterocycles. The van der Waals surface area contributed by atoms with Crippen LogP contribution in [0.15, 0.2) is 18.2 Å². The zero-order valence-corrected chi connectivity index (χ0v) is 11.0. The number of sulfonamides is 1. The lowest BCUT2D eigenvalue weighted by molar-refractivity contribution is 0.588. The molecule has 1 aliphatic heterocycles. The second kappa shape index (κ2) is 4.31. The highest BCUT2D eigenvalue weighted by molar-refractivity contribution is 7.93. The van der Waals surface area contributed by atoms with E-state index < -0.39 is 15.3 Å². The molecule has 1 fully saturated rings. The van der Waals surface area contributed by atoms with Crippen molar-refractivity contribution >= 4 is 15.7 Å². The number of hydrogen-bond acceptors (Lipinski definition) is 3. The van der Waals surface area contributed by atoms with E-state index in [0.717, 1.165) is 16.8 Å². The molecule has 1 heterocycles. The van der Waals surface area contributed by atoms with E-state index in [1.54, 1.807) is 0 Å². The number of nitrogens with two attached hydrogens (primary N) is 1. The third kappa shape index (κ3) is 1.93. The van der Waals surface area contributed by atoms with E-state index >= 15 is 0 Å². The van der Waals surface area contributed by atoms with Crippen molar-refractivity contribution in [1.82, 2.24) is 0 Å². The van der Waals surface area contributed by atoms with Gasteiger partial charge in [0.15, 0.2) is 0 Å². The molecule has 1 unspecified atom stereocenters. The van der Waals surface area contributed by atoms with Crippen LogP contribution in [0.25, 0.3) is 0 Å². The van der Waals surface area contributed by atoms with Crippen molar-refractivity contribution in [3.05, 3.63) is 29.3 Å². The molecular weight excluding hydrogens is 236 g/mol. The van der Waals surface area contributed by atoms with Crippen molar-refractivity contribution in [1.29, 1.82) is 0 Å². The molecule has 94 valence electrons. The van der Waals surface area contributed by atoms with Crippen molar-refractivity contribution in [3.63, 3.8) is 0 Å². The molecular formula is C12H18N2O2S. The van der Waals surface area contributed by atoms with Crippen LogP contribution in [-0.2, 0) is 10.0 Å². The first-order chi connectivity index (χ1) is 7.98. The Morgan fingerprint density at radius 2 is 2.12 bits per heavy atom. The molecule has 0 bridgehead atoms. The second-order valence-corrected chi connectivity index (χ2v) is 6.62. The summed E-state index contributed by atoms with van der Waals surface area (Å²) < 4.78 is 26.0. The fourth-order valence-corrected chi connectivity index (χ4v) is 4.06. The summed E-state index contributed by atoms with van der Waals surface area (Å²) in [5.41, 5.74) is 8.43. The SMILES string of the molecule is Cc1cccc(N2CCC(CN)S2(=O)=O)c1C. The van der Waals surface area contributed by atoms with Crippen LogP contribution >= 0.6 is 0 Å². The zero-order valence-electron chi connectivity index (χ0n) is 10.2. The highest BCUT2D eigenvalue weighted by atomic mass is 32.2. The molecule has 4 nitrogen and oxygen atoms in total. The Kier molecular flexibility index (Phi) is 3.14. The van der Waals surface area contributed by atoms with Gasteiger partial charge in [0.2, 0.25) is 10.0 Å². The van der Waals surface area contributed by atoms with Gasteiger partial charge in [-0.15, -0.1) is 0 Å². The molecule has 1 aromatic carbocycles. The first kappa shape index (κ1) is 12.4. The van der Waals surface area contributed by atoms with Crippen molar-refractivity contribution in [2.24, 2.45) is 5.73 Å². The van der Waals surface area contributed by atoms with Crippen LogP contribution in [0.1, 0.15) is 17.5 Å². The van der Waals surface area contributed by atoms with E-state index in [4.69, 9.17) is 5.73 Å². The van der Waals surface area contributed by atoms with Gasteiger partial charge in [-0.05, 0) is 37.5 Å². The topological polar surface area (TPSA) is 63.4 Å². The third-order valence-corrected chi connectivity index (χ3v) is 5.75. The Bertz CT molecular complexity index is 525. The normalized spacial score (nSPS) is 23.0. The van der Waals surface area contributed by atoms with Gasteiger partial charge in [-0.3, -0.25) is 4.31 Å². The molecule has 0 spiro atoms. The summed E-state index contributed by atoms with van der Waals surface area (Å²) in [6.45, 7) is 4.68. The van der Waals surface area contributed by atoms with E-state index in [2.05, 4.69) is 0 Å². The molecule has 1 aliphatic rings. The maximum Gasteiger partial charge on any atom is 0.239 e. The van der Waals surface area contributed by atoms with Crippen molar-refractivity contribution < 1.29 is 8.42 Å². The van der Waals surface area contributed by atoms with E-state index in [-0.39, 0.29) is 6.54 Å². The summed E-state index contributed by atoms with van der Waals surface area (Å²) in [5, 5.41) is -0.428. The van der Waals surface area contributed by atoms with E-state index in [0.29, 0.717) is 13.0 Å². The average Bonchev–Trinajstić information content (AvgIpc) is 2.57. The summed E-state index contributed by atoms with van der Waals surface area (Å²) in [7, 11) is -3.26. The van der Waals surface area contributed by atoms with Crippen LogP contribution in [0, 0.1) is 13.8 Å². The maximum atomic E-state index is 12.2. The molecule has 5 heteroatoms. The molecule has 0 saturated carbocycles. The van der Waals surface area contributed by atoms with Crippen LogP contribution < -0.4 is 10.0 Å². The highest BCUT2D eigenvalue weighted by Crippen LogP contribution is 2.31. The lowest BCUT2D eigenvalue weighted by atomic mass is 10.1. The first-order valence-electron chi connectivity index (χ1n) is 5.76. The fourth-order valence-electron chi connectivity index (χ4n) is 2.22. The van der Waals surface area contributed by atoms with Gasteiger partial charge in [-0.2, -0.15) is 0 Å². The van der Waals surface area contributed by atoms with E-state index in [9.17, 15) is 8.42 Å². The molecule has 0 radical (unpaired) electrons. The van der Waals surface area contributed by atoms with Crippen LogP contribution in [-0.4, -0.2) is 26.8 Å². The lowest BCUT2D eigenvalue weighted by Gasteiger charge is -2.21. The minimum Gasteiger partial charge on any atom is -0.329 e. The number of rotatable bonds is 2. The summed E-state index contributed by atoms with van der Waals surface area (Å²) in [5.74, 6) is 0. The number of anilines is 1. The standard InChI is InChI=1S/C12H18N2O2S/c1-9-4-3-5-12(10(9)2)14-7-6-11(8-13)17(14,15)16/h3-5,11H,6-8,13H2,1-2H3. The maximum absolute atomic E-state index is 12.2.